The van der Waals surface area contributed by atoms with Crippen LogP contribution in [0.2, 0.25) is 5.02 Å². The van der Waals surface area contributed by atoms with Gasteiger partial charge < -0.3 is 9.84 Å². The summed E-state index contributed by atoms with van der Waals surface area (Å²) in [5, 5.41) is 18.2. The van der Waals surface area contributed by atoms with Crippen LogP contribution in [-0.2, 0) is 4.74 Å². The van der Waals surface area contributed by atoms with Gasteiger partial charge in [0, 0.05) is 10.8 Å². The van der Waals surface area contributed by atoms with E-state index < -0.39 is 6.10 Å². The fourth-order valence-corrected chi connectivity index (χ4v) is 3.07. The van der Waals surface area contributed by atoms with Gasteiger partial charge in [-0.3, -0.25) is 0 Å². The van der Waals surface area contributed by atoms with Crippen molar-refractivity contribution in [3.63, 3.8) is 0 Å². The SMILES string of the molecule is C[C@H](OC[C@@H](O)CSc1nncs1)c1ccc(Cl)cc1. The zero-order valence-corrected chi connectivity index (χ0v) is 13.3. The first-order valence-electron chi connectivity index (χ1n) is 6.09. The maximum Gasteiger partial charge on any atom is 0.174 e. The molecule has 4 nitrogen and oxygen atoms in total. The van der Waals surface area contributed by atoms with Gasteiger partial charge in [0.2, 0.25) is 0 Å². The Kier molecular flexibility index (Phi) is 6.25. The second-order valence-corrected chi connectivity index (χ2v) is 6.73. The number of ether oxygens (including phenoxy) is 1. The number of rotatable bonds is 7. The van der Waals surface area contributed by atoms with Gasteiger partial charge in [0.05, 0.1) is 18.8 Å². The Balaban J connectivity index is 1.72. The Morgan fingerprint density at radius 2 is 2.15 bits per heavy atom. The summed E-state index contributed by atoms with van der Waals surface area (Å²) >= 11 is 8.79. The van der Waals surface area contributed by atoms with Crippen LogP contribution in [0.15, 0.2) is 34.1 Å². The Bertz CT molecular complexity index is 508. The molecule has 0 spiro atoms. The number of aliphatic hydroxyl groups excluding tert-OH is 1. The highest BCUT2D eigenvalue weighted by Gasteiger charge is 2.11. The molecule has 2 atom stereocenters. The van der Waals surface area contributed by atoms with E-state index in [4.69, 9.17) is 16.3 Å². The molecule has 0 saturated carbocycles. The van der Waals surface area contributed by atoms with Crippen molar-refractivity contribution in [2.45, 2.75) is 23.5 Å². The lowest BCUT2D eigenvalue weighted by molar-refractivity contribution is 0.00623. The Morgan fingerprint density at radius 1 is 1.40 bits per heavy atom. The fourth-order valence-electron chi connectivity index (χ4n) is 1.53. The molecule has 7 heteroatoms. The van der Waals surface area contributed by atoms with E-state index in [9.17, 15) is 5.11 Å². The van der Waals surface area contributed by atoms with Gasteiger partial charge in [-0.15, -0.1) is 10.2 Å². The molecule has 0 aliphatic rings. The van der Waals surface area contributed by atoms with Gasteiger partial charge in [0.15, 0.2) is 4.34 Å². The molecule has 2 aromatic rings. The van der Waals surface area contributed by atoms with E-state index >= 15 is 0 Å². The average Bonchev–Trinajstić information content (AvgIpc) is 2.96. The molecule has 0 amide bonds. The molecule has 0 aliphatic carbocycles. The van der Waals surface area contributed by atoms with Crippen molar-refractivity contribution in [1.29, 1.82) is 0 Å². The summed E-state index contributed by atoms with van der Waals surface area (Å²) in [4.78, 5) is 0. The monoisotopic (exact) mass is 330 g/mol. The molecule has 1 aromatic carbocycles. The van der Waals surface area contributed by atoms with Gasteiger partial charge in [-0.2, -0.15) is 0 Å². The van der Waals surface area contributed by atoms with Crippen LogP contribution in [0.25, 0.3) is 0 Å². The Morgan fingerprint density at radius 3 is 2.80 bits per heavy atom. The van der Waals surface area contributed by atoms with Crippen molar-refractivity contribution in [3.8, 4) is 0 Å². The summed E-state index contributed by atoms with van der Waals surface area (Å²) in [5.41, 5.74) is 2.71. The summed E-state index contributed by atoms with van der Waals surface area (Å²) in [6.07, 6.45) is -0.605. The number of hydrogen-bond acceptors (Lipinski definition) is 6. The van der Waals surface area contributed by atoms with Gasteiger partial charge in [0.1, 0.15) is 5.51 Å². The first-order chi connectivity index (χ1) is 9.65. The van der Waals surface area contributed by atoms with Crippen molar-refractivity contribution in [1.82, 2.24) is 10.2 Å². The zero-order valence-electron chi connectivity index (χ0n) is 10.9. The van der Waals surface area contributed by atoms with E-state index in [1.807, 2.05) is 31.2 Å². The highest BCUT2D eigenvalue weighted by molar-refractivity contribution is 8.01. The first-order valence-corrected chi connectivity index (χ1v) is 8.33. The van der Waals surface area contributed by atoms with E-state index in [-0.39, 0.29) is 12.7 Å². The predicted molar refractivity (Wildman–Crippen MR) is 82.5 cm³/mol. The smallest absolute Gasteiger partial charge is 0.174 e. The summed E-state index contributed by atoms with van der Waals surface area (Å²) < 4.78 is 6.52. The Hall–Kier alpha value is -0.660. The second kappa shape index (κ2) is 7.95. The van der Waals surface area contributed by atoms with Crippen molar-refractivity contribution in [2.24, 2.45) is 0 Å². The lowest BCUT2D eigenvalue weighted by Crippen LogP contribution is -2.19. The molecule has 0 unspecified atom stereocenters. The van der Waals surface area contributed by atoms with Crippen LogP contribution >= 0.6 is 34.7 Å². The van der Waals surface area contributed by atoms with E-state index in [1.54, 1.807) is 5.51 Å². The summed E-state index contributed by atoms with van der Waals surface area (Å²) in [5.74, 6) is 0.544. The van der Waals surface area contributed by atoms with E-state index in [0.717, 1.165) is 9.90 Å². The lowest BCUT2D eigenvalue weighted by atomic mass is 10.1. The highest BCUT2D eigenvalue weighted by Crippen LogP contribution is 2.22. The molecule has 2 rings (SSSR count). The van der Waals surface area contributed by atoms with Crippen LogP contribution in [0, 0.1) is 0 Å². The molecule has 20 heavy (non-hydrogen) atoms. The van der Waals surface area contributed by atoms with Crippen LogP contribution in [0.1, 0.15) is 18.6 Å². The molecular weight excluding hydrogens is 316 g/mol. The minimum Gasteiger partial charge on any atom is -0.390 e. The molecule has 1 aromatic heterocycles. The van der Waals surface area contributed by atoms with Crippen molar-refractivity contribution < 1.29 is 9.84 Å². The lowest BCUT2D eigenvalue weighted by Gasteiger charge is -2.16. The molecule has 1 heterocycles. The van der Waals surface area contributed by atoms with Gasteiger partial charge in [-0.25, -0.2) is 0 Å². The molecule has 0 aliphatic heterocycles. The number of thioether (sulfide) groups is 1. The van der Waals surface area contributed by atoms with Crippen LogP contribution < -0.4 is 0 Å². The largest absolute Gasteiger partial charge is 0.390 e. The minimum absolute atomic E-state index is 0.0755. The van der Waals surface area contributed by atoms with E-state index in [0.29, 0.717) is 10.8 Å². The maximum atomic E-state index is 9.88. The average molecular weight is 331 g/mol. The molecule has 0 fully saturated rings. The minimum atomic E-state index is -0.529. The molecule has 108 valence electrons. The van der Waals surface area contributed by atoms with Gasteiger partial charge in [0.25, 0.3) is 0 Å². The number of nitrogens with zero attached hydrogens (tertiary/aromatic N) is 2. The fraction of sp³-hybridized carbons (Fsp3) is 0.385. The third-order valence-corrected chi connectivity index (χ3v) is 4.87. The zero-order chi connectivity index (χ0) is 14.4. The molecule has 0 bridgehead atoms. The molecule has 1 N–H and O–H groups in total. The number of hydrogen-bond donors (Lipinski definition) is 1. The maximum absolute atomic E-state index is 9.88. The normalized spacial score (nSPS) is 14.2. The number of benzene rings is 1. The van der Waals surface area contributed by atoms with Crippen LogP contribution in [0.3, 0.4) is 0 Å². The van der Waals surface area contributed by atoms with Crippen molar-refractivity contribution in [3.05, 3.63) is 40.4 Å². The first kappa shape index (κ1) is 15.7. The molecular formula is C13H15ClN2O2S2. The number of aromatic nitrogens is 2. The number of aliphatic hydroxyl groups is 1. The van der Waals surface area contributed by atoms with Crippen molar-refractivity contribution in [2.75, 3.05) is 12.4 Å². The summed E-state index contributed by atoms with van der Waals surface area (Å²) in [7, 11) is 0. The molecule has 0 radical (unpaired) electrons. The third-order valence-electron chi connectivity index (χ3n) is 2.62. The summed E-state index contributed by atoms with van der Waals surface area (Å²) in [6.45, 7) is 2.24. The quantitative estimate of drug-likeness (QED) is 0.788. The van der Waals surface area contributed by atoms with Crippen molar-refractivity contribution >= 4 is 34.7 Å². The molecule has 0 saturated heterocycles. The van der Waals surface area contributed by atoms with E-state index in [2.05, 4.69) is 10.2 Å². The van der Waals surface area contributed by atoms with Gasteiger partial charge in [-0.1, -0.05) is 46.8 Å². The number of halogens is 1. The summed E-state index contributed by atoms with van der Waals surface area (Å²) in [6, 6.07) is 7.52. The van der Waals surface area contributed by atoms with Gasteiger partial charge >= 0.3 is 0 Å². The van der Waals surface area contributed by atoms with E-state index in [1.165, 1.54) is 23.1 Å². The Labute approximate surface area is 131 Å². The standard InChI is InChI=1S/C13H15ClN2O2S2/c1-9(10-2-4-11(14)5-3-10)18-6-12(17)7-19-13-16-15-8-20-13/h2-5,8-9,12,17H,6-7H2,1H3/t9-,12+/m0/s1. The highest BCUT2D eigenvalue weighted by atomic mass is 35.5. The third kappa shape index (κ3) is 5.03. The van der Waals surface area contributed by atoms with Gasteiger partial charge in [-0.05, 0) is 24.6 Å². The van der Waals surface area contributed by atoms with Crippen LogP contribution in [0.5, 0.6) is 0 Å². The topological polar surface area (TPSA) is 55.2 Å². The second-order valence-electron chi connectivity index (χ2n) is 4.20. The predicted octanol–water partition coefficient (Wildman–Crippen LogP) is 3.42. The van der Waals surface area contributed by atoms with Crippen LogP contribution in [-0.4, -0.2) is 33.8 Å². The van der Waals surface area contributed by atoms with Crippen LogP contribution in [0.4, 0.5) is 0 Å².